The largest absolute Gasteiger partial charge is 0.419 e. The minimum Gasteiger partial charge on any atom is -0.407 e. The highest BCUT2D eigenvalue weighted by atomic mass is 16.6. The number of hydrogen-bond donors (Lipinski definition) is 1. The highest BCUT2D eigenvalue weighted by Crippen LogP contribution is 2.21. The van der Waals surface area contributed by atoms with Gasteiger partial charge in [-0.15, -0.1) is 0 Å². The number of non-ortho nitro benzene ring substituents is 1. The van der Waals surface area contributed by atoms with Gasteiger partial charge in [-0.05, 0) is 30.0 Å². The standard InChI is InChI=1S/C25H23N3O5/c29-24(26-21(19-10-5-2-6-11-19)16-18-8-3-1-4-9-18)12-7-15-27-22-14-13-20(28(31)32)17-23(22)33-25(27)30/h1-6,8-11,13-14,17,21H,7,12,15-16H2,(H,26,29). The van der Waals surface area contributed by atoms with Crippen molar-refractivity contribution in [1.29, 1.82) is 0 Å². The molecule has 168 valence electrons. The second kappa shape index (κ2) is 9.95. The number of nitro benzene ring substituents is 1. The van der Waals surface area contributed by atoms with Crippen LogP contribution >= 0.6 is 0 Å². The van der Waals surface area contributed by atoms with Crippen molar-refractivity contribution in [3.8, 4) is 0 Å². The van der Waals surface area contributed by atoms with Gasteiger partial charge in [0.25, 0.3) is 5.69 Å². The monoisotopic (exact) mass is 445 g/mol. The molecule has 1 unspecified atom stereocenters. The number of aryl methyl sites for hydroxylation is 1. The Morgan fingerprint density at radius 3 is 2.42 bits per heavy atom. The SMILES string of the molecule is O=C(CCCn1c(=O)oc2cc([N+](=O)[O-])ccc21)NC(Cc1ccccc1)c1ccccc1. The Morgan fingerprint density at radius 2 is 1.73 bits per heavy atom. The van der Waals surface area contributed by atoms with Crippen molar-refractivity contribution in [3.63, 3.8) is 0 Å². The molecule has 1 heterocycles. The molecule has 1 atom stereocenters. The fourth-order valence-corrected chi connectivity index (χ4v) is 3.83. The Kier molecular flexibility index (Phi) is 6.64. The fourth-order valence-electron chi connectivity index (χ4n) is 3.83. The van der Waals surface area contributed by atoms with Gasteiger partial charge in [-0.3, -0.25) is 19.5 Å². The maximum atomic E-state index is 12.7. The summed E-state index contributed by atoms with van der Waals surface area (Å²) in [6.07, 6.45) is 1.32. The Bertz CT molecular complexity index is 1310. The number of carbonyl (C=O) groups is 1. The van der Waals surface area contributed by atoms with Crippen LogP contribution in [0.4, 0.5) is 5.69 Å². The maximum absolute atomic E-state index is 12.7. The van der Waals surface area contributed by atoms with Gasteiger partial charge in [0, 0.05) is 19.0 Å². The van der Waals surface area contributed by atoms with Crippen LogP contribution in [0.25, 0.3) is 11.1 Å². The molecular formula is C25H23N3O5. The number of carbonyl (C=O) groups excluding carboxylic acids is 1. The first-order valence-corrected chi connectivity index (χ1v) is 10.7. The van der Waals surface area contributed by atoms with Crippen LogP contribution in [0.3, 0.4) is 0 Å². The van der Waals surface area contributed by atoms with Gasteiger partial charge in [0.15, 0.2) is 5.58 Å². The molecule has 33 heavy (non-hydrogen) atoms. The van der Waals surface area contributed by atoms with Gasteiger partial charge in [0.05, 0.1) is 22.5 Å². The molecule has 4 aromatic rings. The second-order valence-corrected chi connectivity index (χ2v) is 7.75. The van der Waals surface area contributed by atoms with E-state index in [9.17, 15) is 19.7 Å². The molecule has 0 aliphatic rings. The van der Waals surface area contributed by atoms with Gasteiger partial charge in [-0.25, -0.2) is 4.79 Å². The molecule has 1 amide bonds. The molecule has 0 saturated heterocycles. The summed E-state index contributed by atoms with van der Waals surface area (Å²) in [6.45, 7) is 0.270. The van der Waals surface area contributed by atoms with Crippen LogP contribution in [0.2, 0.25) is 0 Å². The van der Waals surface area contributed by atoms with Crippen molar-refractivity contribution in [2.75, 3.05) is 0 Å². The Hall–Kier alpha value is -4.20. The van der Waals surface area contributed by atoms with Gasteiger partial charge in [-0.1, -0.05) is 60.7 Å². The molecular weight excluding hydrogens is 422 g/mol. The zero-order valence-electron chi connectivity index (χ0n) is 17.8. The van der Waals surface area contributed by atoms with E-state index in [-0.39, 0.29) is 36.2 Å². The average molecular weight is 445 g/mol. The van der Waals surface area contributed by atoms with Crippen LogP contribution in [-0.4, -0.2) is 15.4 Å². The summed E-state index contributed by atoms with van der Waals surface area (Å²) in [7, 11) is 0. The van der Waals surface area contributed by atoms with Gasteiger partial charge in [0.2, 0.25) is 5.91 Å². The van der Waals surface area contributed by atoms with E-state index in [0.29, 0.717) is 18.4 Å². The van der Waals surface area contributed by atoms with E-state index in [1.165, 1.54) is 22.8 Å². The number of nitrogens with one attached hydrogen (secondary N) is 1. The Balaban J connectivity index is 1.41. The van der Waals surface area contributed by atoms with Crippen molar-refractivity contribution in [1.82, 2.24) is 9.88 Å². The number of aromatic nitrogens is 1. The molecule has 1 aromatic heterocycles. The lowest BCUT2D eigenvalue weighted by Gasteiger charge is -2.19. The van der Waals surface area contributed by atoms with Crippen molar-refractivity contribution in [3.05, 3.63) is 111 Å². The lowest BCUT2D eigenvalue weighted by molar-refractivity contribution is -0.384. The fraction of sp³-hybridized carbons (Fsp3) is 0.200. The predicted octanol–water partition coefficient (Wildman–Crippen LogP) is 4.38. The molecule has 0 saturated carbocycles. The second-order valence-electron chi connectivity index (χ2n) is 7.75. The molecule has 3 aromatic carbocycles. The summed E-state index contributed by atoms with van der Waals surface area (Å²) < 4.78 is 6.53. The summed E-state index contributed by atoms with van der Waals surface area (Å²) in [5.41, 5.74) is 2.63. The van der Waals surface area contributed by atoms with E-state index in [1.807, 2.05) is 60.7 Å². The number of nitrogens with zero attached hydrogens (tertiary/aromatic N) is 2. The van der Waals surface area contributed by atoms with E-state index >= 15 is 0 Å². The number of benzene rings is 3. The summed E-state index contributed by atoms with van der Waals surface area (Å²) in [5.74, 6) is -0.714. The first kappa shape index (κ1) is 22.0. The summed E-state index contributed by atoms with van der Waals surface area (Å²) in [6, 6.07) is 23.7. The smallest absolute Gasteiger partial charge is 0.407 e. The number of nitro groups is 1. The molecule has 8 nitrogen and oxygen atoms in total. The third-order valence-electron chi connectivity index (χ3n) is 5.47. The van der Waals surface area contributed by atoms with Crippen LogP contribution in [0.5, 0.6) is 0 Å². The minimum atomic E-state index is -0.600. The third kappa shape index (κ3) is 5.35. The lowest BCUT2D eigenvalue weighted by atomic mass is 9.98. The summed E-state index contributed by atoms with van der Waals surface area (Å²) in [4.78, 5) is 35.3. The van der Waals surface area contributed by atoms with Crippen LogP contribution in [0, 0.1) is 10.1 Å². The molecule has 1 N–H and O–H groups in total. The molecule has 8 heteroatoms. The highest BCUT2D eigenvalue weighted by molar-refractivity contribution is 5.77. The first-order valence-electron chi connectivity index (χ1n) is 10.7. The van der Waals surface area contributed by atoms with E-state index in [4.69, 9.17) is 4.42 Å². The summed E-state index contributed by atoms with van der Waals surface area (Å²) in [5, 5.41) is 14.0. The van der Waals surface area contributed by atoms with E-state index in [1.54, 1.807) is 0 Å². The highest BCUT2D eigenvalue weighted by Gasteiger charge is 2.17. The minimum absolute atomic E-state index is 0.115. The third-order valence-corrected chi connectivity index (χ3v) is 5.47. The van der Waals surface area contributed by atoms with Crippen LogP contribution in [0.15, 0.2) is 88.1 Å². The molecule has 0 radical (unpaired) electrons. The van der Waals surface area contributed by atoms with E-state index in [0.717, 1.165) is 11.1 Å². The van der Waals surface area contributed by atoms with Gasteiger partial charge in [0.1, 0.15) is 0 Å². The van der Waals surface area contributed by atoms with Crippen molar-refractivity contribution >= 4 is 22.7 Å². The zero-order valence-corrected chi connectivity index (χ0v) is 17.8. The van der Waals surface area contributed by atoms with Crippen LogP contribution < -0.4 is 11.1 Å². The Morgan fingerprint density at radius 1 is 1.03 bits per heavy atom. The number of fused-ring (bicyclic) bond motifs is 1. The number of hydrogen-bond acceptors (Lipinski definition) is 5. The molecule has 0 spiro atoms. The lowest BCUT2D eigenvalue weighted by Crippen LogP contribution is -2.30. The summed E-state index contributed by atoms with van der Waals surface area (Å²) >= 11 is 0. The molecule has 0 fully saturated rings. The number of rotatable bonds is 9. The normalized spacial score (nSPS) is 11.9. The van der Waals surface area contributed by atoms with E-state index in [2.05, 4.69) is 5.32 Å². The predicted molar refractivity (Wildman–Crippen MR) is 124 cm³/mol. The molecule has 0 bridgehead atoms. The van der Waals surface area contributed by atoms with Crippen LogP contribution in [0.1, 0.15) is 30.0 Å². The van der Waals surface area contributed by atoms with Crippen molar-refractivity contribution in [2.24, 2.45) is 0 Å². The first-order chi connectivity index (χ1) is 16.0. The maximum Gasteiger partial charge on any atom is 0.419 e. The van der Waals surface area contributed by atoms with Gasteiger partial charge < -0.3 is 9.73 Å². The van der Waals surface area contributed by atoms with Crippen LogP contribution in [-0.2, 0) is 17.8 Å². The quantitative estimate of drug-likeness (QED) is 0.304. The van der Waals surface area contributed by atoms with Gasteiger partial charge in [-0.2, -0.15) is 0 Å². The molecule has 0 aliphatic heterocycles. The zero-order chi connectivity index (χ0) is 23.2. The van der Waals surface area contributed by atoms with Crippen molar-refractivity contribution < 1.29 is 14.1 Å². The van der Waals surface area contributed by atoms with E-state index < -0.39 is 10.7 Å². The average Bonchev–Trinajstić information content (AvgIpc) is 3.14. The van der Waals surface area contributed by atoms with Gasteiger partial charge >= 0.3 is 5.76 Å². The molecule has 4 rings (SSSR count). The topological polar surface area (TPSA) is 107 Å². The number of oxazole rings is 1. The Labute approximate surface area is 189 Å². The number of amides is 1. The van der Waals surface area contributed by atoms with Crippen molar-refractivity contribution in [2.45, 2.75) is 31.8 Å². The molecule has 0 aliphatic carbocycles.